The van der Waals surface area contributed by atoms with Gasteiger partial charge in [0.25, 0.3) is 5.91 Å². The Kier molecular flexibility index (Phi) is 3.93. The second-order valence-electron chi connectivity index (χ2n) is 5.23. The highest BCUT2D eigenvalue weighted by molar-refractivity contribution is 6.11. The maximum absolute atomic E-state index is 14.3. The number of aryl methyl sites for hydroxylation is 2. The molecule has 0 aliphatic rings. The van der Waals surface area contributed by atoms with Gasteiger partial charge in [-0.3, -0.25) is 14.4 Å². The second-order valence-corrected chi connectivity index (χ2v) is 5.23. The van der Waals surface area contributed by atoms with E-state index in [0.717, 1.165) is 0 Å². The van der Waals surface area contributed by atoms with Crippen molar-refractivity contribution in [1.82, 2.24) is 9.78 Å². The highest BCUT2D eigenvalue weighted by atomic mass is 19.1. The molecule has 0 aliphatic carbocycles. The summed E-state index contributed by atoms with van der Waals surface area (Å²) in [5, 5.41) is 4.20. The van der Waals surface area contributed by atoms with Crippen LogP contribution in [0.4, 0.5) is 15.8 Å². The Labute approximate surface area is 133 Å². The van der Waals surface area contributed by atoms with Crippen LogP contribution in [0.1, 0.15) is 16.1 Å². The fourth-order valence-electron chi connectivity index (χ4n) is 2.51. The molecule has 0 N–H and O–H groups in total. The number of nitrogens with zero attached hydrogens (tertiary/aromatic N) is 3. The van der Waals surface area contributed by atoms with Crippen molar-refractivity contribution in [3.63, 3.8) is 0 Å². The van der Waals surface area contributed by atoms with E-state index in [4.69, 9.17) is 0 Å². The van der Waals surface area contributed by atoms with Gasteiger partial charge in [-0.2, -0.15) is 5.10 Å². The number of carbonyl (C=O) groups excluding carboxylic acids is 1. The predicted molar refractivity (Wildman–Crippen MR) is 87.3 cm³/mol. The minimum atomic E-state index is -0.453. The SMILES string of the molecule is Cc1nn(C)cc1C(=O)N(c1ccccc1)c1ccccc1F. The minimum Gasteiger partial charge on any atom is -0.275 e. The Hall–Kier alpha value is -2.95. The normalized spacial score (nSPS) is 10.6. The maximum atomic E-state index is 14.3. The van der Waals surface area contributed by atoms with Crippen LogP contribution in [-0.4, -0.2) is 15.7 Å². The smallest absolute Gasteiger partial charge is 0.266 e. The molecule has 0 atom stereocenters. The van der Waals surface area contributed by atoms with E-state index < -0.39 is 5.82 Å². The van der Waals surface area contributed by atoms with E-state index in [1.54, 1.807) is 55.2 Å². The molecule has 2 aromatic carbocycles. The van der Waals surface area contributed by atoms with Crippen molar-refractivity contribution < 1.29 is 9.18 Å². The number of para-hydroxylation sites is 2. The van der Waals surface area contributed by atoms with Crippen LogP contribution in [0.5, 0.6) is 0 Å². The average molecular weight is 309 g/mol. The summed E-state index contributed by atoms with van der Waals surface area (Å²) in [7, 11) is 1.75. The third kappa shape index (κ3) is 2.85. The van der Waals surface area contributed by atoms with E-state index >= 15 is 0 Å². The molecule has 0 saturated carbocycles. The Balaban J connectivity index is 2.15. The van der Waals surface area contributed by atoms with Gasteiger partial charge in [-0.05, 0) is 31.2 Å². The fraction of sp³-hybridized carbons (Fsp3) is 0.111. The summed E-state index contributed by atoms with van der Waals surface area (Å²) in [6, 6.07) is 15.3. The molecule has 23 heavy (non-hydrogen) atoms. The number of hydrogen-bond donors (Lipinski definition) is 0. The highest BCUT2D eigenvalue weighted by Crippen LogP contribution is 2.30. The van der Waals surface area contributed by atoms with Gasteiger partial charge in [-0.1, -0.05) is 30.3 Å². The van der Waals surface area contributed by atoms with E-state index in [-0.39, 0.29) is 11.6 Å². The predicted octanol–water partition coefficient (Wildman–Crippen LogP) is 3.85. The first kappa shape index (κ1) is 15.0. The van der Waals surface area contributed by atoms with Gasteiger partial charge < -0.3 is 0 Å². The van der Waals surface area contributed by atoms with Crippen molar-refractivity contribution in [2.24, 2.45) is 7.05 Å². The molecule has 0 radical (unpaired) electrons. The van der Waals surface area contributed by atoms with Gasteiger partial charge in [0.05, 0.1) is 16.9 Å². The molecule has 0 aliphatic heterocycles. The van der Waals surface area contributed by atoms with E-state index in [1.807, 2.05) is 18.2 Å². The molecule has 3 aromatic rings. The summed E-state index contributed by atoms with van der Waals surface area (Å²) < 4.78 is 15.9. The molecule has 5 heteroatoms. The molecule has 4 nitrogen and oxygen atoms in total. The second kappa shape index (κ2) is 6.04. The number of carbonyl (C=O) groups is 1. The third-order valence-electron chi connectivity index (χ3n) is 3.55. The lowest BCUT2D eigenvalue weighted by atomic mass is 10.1. The molecule has 3 rings (SSSR count). The number of hydrogen-bond acceptors (Lipinski definition) is 2. The number of halogens is 1. The first-order valence-corrected chi connectivity index (χ1v) is 7.22. The Morgan fingerprint density at radius 3 is 2.35 bits per heavy atom. The Bertz CT molecular complexity index is 842. The molecule has 0 saturated heterocycles. The van der Waals surface area contributed by atoms with Crippen molar-refractivity contribution in [2.75, 3.05) is 4.90 Å². The highest BCUT2D eigenvalue weighted by Gasteiger charge is 2.24. The Morgan fingerprint density at radius 2 is 1.74 bits per heavy atom. The number of amides is 1. The molecule has 1 aromatic heterocycles. The largest absolute Gasteiger partial charge is 0.275 e. The molecule has 0 spiro atoms. The van der Waals surface area contributed by atoms with Crippen LogP contribution in [0.25, 0.3) is 0 Å². The summed E-state index contributed by atoms with van der Waals surface area (Å²) >= 11 is 0. The van der Waals surface area contributed by atoms with Gasteiger partial charge in [0.1, 0.15) is 5.82 Å². The first-order chi connectivity index (χ1) is 11.1. The topological polar surface area (TPSA) is 38.1 Å². The summed E-state index contributed by atoms with van der Waals surface area (Å²) in [4.78, 5) is 14.4. The van der Waals surface area contributed by atoms with Gasteiger partial charge >= 0.3 is 0 Å². The minimum absolute atomic E-state index is 0.215. The molecular weight excluding hydrogens is 293 g/mol. The van der Waals surface area contributed by atoms with Crippen molar-refractivity contribution >= 4 is 17.3 Å². The van der Waals surface area contributed by atoms with Crippen molar-refractivity contribution in [2.45, 2.75) is 6.92 Å². The van der Waals surface area contributed by atoms with Crippen molar-refractivity contribution in [3.05, 3.63) is 77.9 Å². The van der Waals surface area contributed by atoms with Crippen LogP contribution in [-0.2, 0) is 7.05 Å². The Morgan fingerprint density at radius 1 is 1.09 bits per heavy atom. The van der Waals surface area contributed by atoms with Crippen LogP contribution in [0.2, 0.25) is 0 Å². The lowest BCUT2D eigenvalue weighted by Gasteiger charge is -2.23. The summed E-state index contributed by atoms with van der Waals surface area (Å²) in [6.07, 6.45) is 1.65. The molecule has 0 fully saturated rings. The van der Waals surface area contributed by atoms with Gasteiger partial charge in [0.2, 0.25) is 0 Å². The zero-order chi connectivity index (χ0) is 16.4. The fourth-order valence-corrected chi connectivity index (χ4v) is 2.51. The first-order valence-electron chi connectivity index (χ1n) is 7.22. The number of rotatable bonds is 3. The molecule has 116 valence electrons. The van der Waals surface area contributed by atoms with Crippen molar-refractivity contribution in [1.29, 1.82) is 0 Å². The zero-order valence-corrected chi connectivity index (χ0v) is 12.9. The van der Waals surface area contributed by atoms with E-state index in [0.29, 0.717) is 16.9 Å². The lowest BCUT2D eigenvalue weighted by Crippen LogP contribution is -2.27. The number of anilines is 2. The molecule has 0 bridgehead atoms. The van der Waals surface area contributed by atoms with Crippen LogP contribution >= 0.6 is 0 Å². The summed E-state index contributed by atoms with van der Waals surface area (Å²) in [5.41, 5.74) is 1.87. The van der Waals surface area contributed by atoms with Crippen LogP contribution in [0, 0.1) is 12.7 Å². The van der Waals surface area contributed by atoms with Gasteiger partial charge in [-0.15, -0.1) is 0 Å². The average Bonchev–Trinajstić information content (AvgIpc) is 2.89. The third-order valence-corrected chi connectivity index (χ3v) is 3.55. The van der Waals surface area contributed by atoms with E-state index in [2.05, 4.69) is 5.10 Å². The number of benzene rings is 2. The standard InChI is InChI=1S/C18H16FN3O/c1-13-15(12-21(2)20-13)18(23)22(14-8-4-3-5-9-14)17-11-7-6-10-16(17)19/h3-12H,1-2H3. The zero-order valence-electron chi connectivity index (χ0n) is 12.9. The van der Waals surface area contributed by atoms with E-state index in [9.17, 15) is 9.18 Å². The van der Waals surface area contributed by atoms with Crippen molar-refractivity contribution in [3.8, 4) is 0 Å². The summed E-state index contributed by atoms with van der Waals surface area (Å²) in [6.45, 7) is 1.76. The molecular formula is C18H16FN3O. The maximum Gasteiger partial charge on any atom is 0.266 e. The van der Waals surface area contributed by atoms with E-state index in [1.165, 1.54) is 11.0 Å². The van der Waals surface area contributed by atoms with Gasteiger partial charge in [0, 0.05) is 18.9 Å². The lowest BCUT2D eigenvalue weighted by molar-refractivity contribution is 0.0998. The summed E-state index contributed by atoms with van der Waals surface area (Å²) in [5.74, 6) is -0.766. The quantitative estimate of drug-likeness (QED) is 0.737. The molecule has 0 unspecified atom stereocenters. The monoisotopic (exact) mass is 309 g/mol. The van der Waals surface area contributed by atoms with Crippen LogP contribution < -0.4 is 4.90 Å². The molecule has 1 amide bonds. The van der Waals surface area contributed by atoms with Crippen LogP contribution in [0.15, 0.2) is 60.8 Å². The van der Waals surface area contributed by atoms with Crippen LogP contribution in [0.3, 0.4) is 0 Å². The molecule has 1 heterocycles. The van der Waals surface area contributed by atoms with Gasteiger partial charge in [0.15, 0.2) is 0 Å². The number of aromatic nitrogens is 2. The van der Waals surface area contributed by atoms with Gasteiger partial charge in [-0.25, -0.2) is 4.39 Å².